The second-order valence-electron chi connectivity index (χ2n) is 6.84. The van der Waals surface area contributed by atoms with Gasteiger partial charge in [0, 0.05) is 18.2 Å². The molecule has 3 aromatic rings. The third-order valence-electron chi connectivity index (χ3n) is 4.89. The van der Waals surface area contributed by atoms with Crippen molar-refractivity contribution in [2.45, 2.75) is 38.8 Å². The van der Waals surface area contributed by atoms with Crippen LogP contribution in [0.1, 0.15) is 47.9 Å². The van der Waals surface area contributed by atoms with E-state index in [-0.39, 0.29) is 17.3 Å². The first kappa shape index (κ1) is 19.2. The van der Waals surface area contributed by atoms with Crippen molar-refractivity contribution in [1.82, 2.24) is 35.6 Å². The van der Waals surface area contributed by atoms with Crippen LogP contribution in [0.3, 0.4) is 0 Å². The molecule has 0 unspecified atom stereocenters. The van der Waals surface area contributed by atoms with Gasteiger partial charge in [-0.25, -0.2) is 10.1 Å². The molecule has 1 amide bonds. The summed E-state index contributed by atoms with van der Waals surface area (Å²) in [5.74, 6) is -0.180. The lowest BCUT2D eigenvalue weighted by Gasteiger charge is -2.33. The van der Waals surface area contributed by atoms with Crippen LogP contribution in [0.5, 0.6) is 0 Å². The summed E-state index contributed by atoms with van der Waals surface area (Å²) in [6.45, 7) is 3.57. The molecule has 1 aliphatic rings. The van der Waals surface area contributed by atoms with E-state index < -0.39 is 5.91 Å². The summed E-state index contributed by atoms with van der Waals surface area (Å²) in [5, 5.41) is 23.4. The van der Waals surface area contributed by atoms with E-state index >= 15 is 0 Å². The summed E-state index contributed by atoms with van der Waals surface area (Å²) >= 11 is 1.55. The maximum Gasteiger partial charge on any atom is 0.293 e. The van der Waals surface area contributed by atoms with E-state index in [0.29, 0.717) is 18.3 Å². The first-order chi connectivity index (χ1) is 14.1. The first-order valence-corrected chi connectivity index (χ1v) is 10.2. The average molecular weight is 415 g/mol. The second-order valence-corrected chi connectivity index (χ2v) is 7.62. The number of carbonyl (C=O) groups excluding carboxylic acids is 1. The summed E-state index contributed by atoms with van der Waals surface area (Å²) in [7, 11) is 0. The fourth-order valence-corrected chi connectivity index (χ4v) is 3.89. The van der Waals surface area contributed by atoms with E-state index in [4.69, 9.17) is 10.4 Å². The number of aromatic nitrogens is 5. The van der Waals surface area contributed by atoms with Crippen LogP contribution in [0.25, 0.3) is 5.82 Å². The molecule has 1 saturated heterocycles. The Kier molecular flexibility index (Phi) is 5.62. The normalized spacial score (nSPS) is 17.8. The van der Waals surface area contributed by atoms with Crippen LogP contribution in [-0.2, 0) is 6.54 Å². The molecule has 11 nitrogen and oxygen atoms in total. The maximum absolute atomic E-state index is 12.7. The average Bonchev–Trinajstić information content (AvgIpc) is 3.45. The number of piperidine rings is 1. The minimum Gasteiger partial charge on any atom is -0.378 e. The molecule has 0 bridgehead atoms. The molecule has 1 atom stereocenters. The highest BCUT2D eigenvalue weighted by Crippen LogP contribution is 2.22. The fraction of sp³-hybridized carbons (Fsp3) is 0.412. The van der Waals surface area contributed by atoms with E-state index in [1.807, 2.05) is 16.8 Å². The van der Waals surface area contributed by atoms with Crippen molar-refractivity contribution in [3.63, 3.8) is 0 Å². The Labute approximate surface area is 170 Å². The molecule has 152 valence electrons. The smallest absolute Gasteiger partial charge is 0.293 e. The number of amides is 1. The van der Waals surface area contributed by atoms with Gasteiger partial charge in [-0.05, 0) is 53.4 Å². The van der Waals surface area contributed by atoms with Gasteiger partial charge in [-0.2, -0.15) is 21.1 Å². The van der Waals surface area contributed by atoms with E-state index in [9.17, 15) is 4.79 Å². The molecular formula is C17H21N9O2S. The highest BCUT2D eigenvalue weighted by molar-refractivity contribution is 7.08. The number of hydrazone groups is 1. The Morgan fingerprint density at radius 3 is 3.10 bits per heavy atom. The first-order valence-electron chi connectivity index (χ1n) is 9.26. The number of nitrogen functional groups attached to an aromatic ring is 1. The van der Waals surface area contributed by atoms with Crippen molar-refractivity contribution in [3.05, 3.63) is 33.8 Å². The van der Waals surface area contributed by atoms with Crippen LogP contribution in [-0.4, -0.2) is 54.9 Å². The van der Waals surface area contributed by atoms with Crippen molar-refractivity contribution in [3.8, 4) is 5.82 Å². The number of nitrogens with two attached hydrogens (primary N) is 1. The van der Waals surface area contributed by atoms with E-state index in [2.05, 4.69) is 43.0 Å². The quantitative estimate of drug-likeness (QED) is 0.455. The molecule has 29 heavy (non-hydrogen) atoms. The highest BCUT2D eigenvalue weighted by atomic mass is 32.1. The molecule has 0 spiro atoms. The number of nitrogens with one attached hydrogen (secondary N) is 1. The zero-order chi connectivity index (χ0) is 20.2. The Hall–Kier alpha value is -3.12. The SMILES string of the molecule is C[C@H]1CCCCN1Cc1c(C(=O)N/N=C/c2ccsc2)nnn1-c1nonc1N. The van der Waals surface area contributed by atoms with Gasteiger partial charge >= 0.3 is 0 Å². The van der Waals surface area contributed by atoms with Crippen LogP contribution < -0.4 is 11.2 Å². The van der Waals surface area contributed by atoms with Gasteiger partial charge in [0.25, 0.3) is 5.91 Å². The Morgan fingerprint density at radius 1 is 1.48 bits per heavy atom. The zero-order valence-electron chi connectivity index (χ0n) is 15.9. The van der Waals surface area contributed by atoms with Crippen molar-refractivity contribution >= 4 is 29.3 Å². The largest absolute Gasteiger partial charge is 0.378 e. The standard InChI is InChI=1S/C17H21N9O2S/c1-11-4-2-3-6-25(11)9-13-14(17(27)21-19-8-12-5-7-29-10-12)20-24-26(13)16-15(18)22-28-23-16/h5,7-8,10-11H,2-4,6,9H2,1H3,(H2,18,22)(H,21,27)/b19-8+/t11-/m0/s1. The highest BCUT2D eigenvalue weighted by Gasteiger charge is 2.27. The Balaban J connectivity index is 1.61. The molecule has 0 aliphatic carbocycles. The molecule has 12 heteroatoms. The van der Waals surface area contributed by atoms with Gasteiger partial charge in [0.05, 0.1) is 11.9 Å². The molecule has 0 radical (unpaired) electrons. The van der Waals surface area contributed by atoms with Crippen LogP contribution in [0.2, 0.25) is 0 Å². The fourth-order valence-electron chi connectivity index (χ4n) is 3.28. The van der Waals surface area contributed by atoms with Gasteiger partial charge in [-0.1, -0.05) is 11.6 Å². The van der Waals surface area contributed by atoms with Gasteiger partial charge < -0.3 is 5.73 Å². The summed E-state index contributed by atoms with van der Waals surface area (Å²) in [6, 6.07) is 2.28. The van der Waals surface area contributed by atoms with Crippen molar-refractivity contribution < 1.29 is 9.42 Å². The van der Waals surface area contributed by atoms with Crippen molar-refractivity contribution in [2.75, 3.05) is 12.3 Å². The lowest BCUT2D eigenvalue weighted by molar-refractivity contribution is 0.0945. The number of thiophene rings is 1. The lowest BCUT2D eigenvalue weighted by atomic mass is 10.0. The molecule has 1 aliphatic heterocycles. The molecular weight excluding hydrogens is 394 g/mol. The van der Waals surface area contributed by atoms with Gasteiger partial charge in [0.1, 0.15) is 0 Å². The number of rotatable bonds is 6. The summed E-state index contributed by atoms with van der Waals surface area (Å²) in [6.07, 6.45) is 4.97. The molecule has 1 fully saturated rings. The van der Waals surface area contributed by atoms with E-state index in [1.54, 1.807) is 17.6 Å². The van der Waals surface area contributed by atoms with Crippen molar-refractivity contribution in [2.24, 2.45) is 5.10 Å². The van der Waals surface area contributed by atoms with E-state index in [1.165, 1.54) is 11.1 Å². The van der Waals surface area contributed by atoms with E-state index in [0.717, 1.165) is 24.9 Å². The number of carbonyl (C=O) groups is 1. The zero-order valence-corrected chi connectivity index (χ0v) is 16.7. The number of hydrogen-bond donors (Lipinski definition) is 2. The number of likely N-dealkylation sites (tertiary alicyclic amines) is 1. The third kappa shape index (κ3) is 4.17. The van der Waals surface area contributed by atoms with Gasteiger partial charge in [0.2, 0.25) is 11.6 Å². The minimum absolute atomic E-state index is 0.0743. The molecule has 4 heterocycles. The van der Waals surface area contributed by atoms with Gasteiger partial charge in [-0.3, -0.25) is 9.69 Å². The third-order valence-corrected chi connectivity index (χ3v) is 5.59. The van der Waals surface area contributed by atoms with Gasteiger partial charge in [-0.15, -0.1) is 5.10 Å². The summed E-state index contributed by atoms with van der Waals surface area (Å²) < 4.78 is 6.10. The Bertz CT molecular complexity index is 995. The van der Waals surface area contributed by atoms with Crippen LogP contribution >= 0.6 is 11.3 Å². The van der Waals surface area contributed by atoms with Crippen LogP contribution in [0.15, 0.2) is 26.6 Å². The molecule has 3 N–H and O–H groups in total. The summed E-state index contributed by atoms with van der Waals surface area (Å²) in [5.41, 5.74) is 9.96. The number of nitrogens with zero attached hydrogens (tertiary/aromatic N) is 7. The van der Waals surface area contributed by atoms with Gasteiger partial charge in [0.15, 0.2) is 5.69 Å². The Morgan fingerprint density at radius 2 is 2.38 bits per heavy atom. The molecule has 0 aromatic carbocycles. The lowest BCUT2D eigenvalue weighted by Crippen LogP contribution is -2.38. The van der Waals surface area contributed by atoms with Crippen LogP contribution in [0.4, 0.5) is 5.82 Å². The summed E-state index contributed by atoms with van der Waals surface area (Å²) in [4.78, 5) is 15.0. The number of anilines is 1. The molecule has 4 rings (SSSR count). The molecule has 0 saturated carbocycles. The predicted molar refractivity (Wildman–Crippen MR) is 107 cm³/mol. The monoisotopic (exact) mass is 415 g/mol. The maximum atomic E-state index is 12.7. The van der Waals surface area contributed by atoms with Crippen molar-refractivity contribution in [1.29, 1.82) is 0 Å². The minimum atomic E-state index is -0.461. The second kappa shape index (κ2) is 8.49. The predicted octanol–water partition coefficient (Wildman–Crippen LogP) is 1.43. The topological polar surface area (TPSA) is 140 Å². The molecule has 3 aromatic heterocycles. The van der Waals surface area contributed by atoms with Crippen LogP contribution in [0, 0.1) is 0 Å². The number of hydrogen-bond acceptors (Lipinski definition) is 10.